The molecule has 0 heterocycles. The molecule has 0 aromatic heterocycles. The van der Waals surface area contributed by atoms with Crippen LogP contribution in [-0.4, -0.2) is 48.0 Å². The normalized spacial score (nSPS) is 12.3. The fraction of sp³-hybridized carbons (Fsp3) is 1.00. The van der Waals surface area contributed by atoms with Crippen LogP contribution in [0.15, 0.2) is 0 Å². The second kappa shape index (κ2) is 6.94. The molecule has 80 valence electrons. The predicted octanol–water partition coefficient (Wildman–Crippen LogP) is 1.16. The maximum Gasteiger partial charge on any atom is 0.264 e. The van der Waals surface area contributed by atoms with Gasteiger partial charge in [0.05, 0.1) is 10.8 Å². The van der Waals surface area contributed by atoms with Crippen molar-refractivity contribution in [2.45, 2.75) is 6.42 Å². The predicted molar refractivity (Wildman–Crippen MR) is 59.6 cm³/mol. The maximum absolute atomic E-state index is 10.3. The van der Waals surface area contributed by atoms with E-state index in [2.05, 4.69) is 0 Å². The van der Waals surface area contributed by atoms with Gasteiger partial charge in [0.1, 0.15) is 0 Å². The minimum atomic E-state index is -3.76. The van der Waals surface area contributed by atoms with E-state index < -0.39 is 10.1 Å². The molecule has 0 saturated heterocycles. The topological polar surface area (TPSA) is 57.6 Å². The van der Waals surface area contributed by atoms with Gasteiger partial charge in [-0.15, -0.1) is 11.8 Å². The standard InChI is InChI=1S/C6H15NO3S3/c1-7(2)12-6-11-4-3-5-13(8,9)10/h3-6H2,1-2H3,(H,8,9,10). The lowest BCUT2D eigenvalue weighted by Crippen LogP contribution is -2.05. The largest absolute Gasteiger partial charge is 0.286 e. The summed E-state index contributed by atoms with van der Waals surface area (Å²) in [4.78, 5) is 0. The molecule has 0 aromatic carbocycles. The van der Waals surface area contributed by atoms with Crippen LogP contribution in [0.2, 0.25) is 0 Å². The average molecular weight is 245 g/mol. The molecule has 0 aliphatic rings. The molecule has 0 rings (SSSR count). The van der Waals surface area contributed by atoms with E-state index in [9.17, 15) is 8.42 Å². The van der Waals surface area contributed by atoms with Crippen molar-refractivity contribution < 1.29 is 13.0 Å². The van der Waals surface area contributed by atoms with Crippen molar-refractivity contribution in [2.24, 2.45) is 0 Å². The summed E-state index contributed by atoms with van der Waals surface area (Å²) in [5, 5.41) is 0.915. The number of hydrogen-bond donors (Lipinski definition) is 1. The highest BCUT2D eigenvalue weighted by atomic mass is 32.2. The molecule has 0 radical (unpaired) electrons. The van der Waals surface area contributed by atoms with Gasteiger partial charge in [0.2, 0.25) is 0 Å². The molecule has 7 heteroatoms. The molecule has 0 bridgehead atoms. The number of hydrogen-bond acceptors (Lipinski definition) is 5. The van der Waals surface area contributed by atoms with Crippen molar-refractivity contribution in [3.05, 3.63) is 0 Å². The smallest absolute Gasteiger partial charge is 0.264 e. The van der Waals surface area contributed by atoms with Crippen molar-refractivity contribution >= 4 is 33.8 Å². The number of thioether (sulfide) groups is 1. The summed E-state index contributed by atoms with van der Waals surface area (Å²) in [6, 6.07) is 0. The third-order valence-electron chi connectivity index (χ3n) is 1.09. The lowest BCUT2D eigenvalue weighted by molar-refractivity contribution is 0.482. The third kappa shape index (κ3) is 12.6. The van der Waals surface area contributed by atoms with Gasteiger partial charge < -0.3 is 0 Å². The zero-order valence-corrected chi connectivity index (χ0v) is 10.2. The van der Waals surface area contributed by atoms with Gasteiger partial charge >= 0.3 is 0 Å². The first-order valence-electron chi connectivity index (χ1n) is 3.75. The van der Waals surface area contributed by atoms with Crippen LogP contribution in [-0.2, 0) is 10.1 Å². The van der Waals surface area contributed by atoms with Gasteiger partial charge in [-0.3, -0.25) is 8.86 Å². The quantitative estimate of drug-likeness (QED) is 0.314. The maximum atomic E-state index is 10.3. The van der Waals surface area contributed by atoms with Crippen molar-refractivity contribution in [2.75, 3.05) is 30.7 Å². The van der Waals surface area contributed by atoms with E-state index >= 15 is 0 Å². The average Bonchev–Trinajstić information content (AvgIpc) is 1.93. The van der Waals surface area contributed by atoms with Gasteiger partial charge in [0.25, 0.3) is 10.1 Å². The van der Waals surface area contributed by atoms with Gasteiger partial charge in [-0.05, 0) is 26.3 Å². The Labute approximate surface area is 88.3 Å². The zero-order valence-electron chi connectivity index (χ0n) is 7.76. The molecule has 0 amide bonds. The van der Waals surface area contributed by atoms with Crippen LogP contribution in [0.25, 0.3) is 0 Å². The number of nitrogens with zero attached hydrogens (tertiary/aromatic N) is 1. The van der Waals surface area contributed by atoms with E-state index in [4.69, 9.17) is 4.55 Å². The Morgan fingerprint density at radius 1 is 1.38 bits per heavy atom. The molecule has 4 nitrogen and oxygen atoms in total. The van der Waals surface area contributed by atoms with Crippen molar-refractivity contribution in [3.8, 4) is 0 Å². The monoisotopic (exact) mass is 245 g/mol. The third-order valence-corrected chi connectivity index (χ3v) is 4.07. The van der Waals surface area contributed by atoms with Crippen LogP contribution in [0.1, 0.15) is 6.42 Å². The van der Waals surface area contributed by atoms with E-state index in [0.29, 0.717) is 6.42 Å². The molecule has 0 saturated carbocycles. The number of rotatable bonds is 7. The molecular weight excluding hydrogens is 230 g/mol. The summed E-state index contributed by atoms with van der Waals surface area (Å²) in [6.07, 6.45) is 0.511. The van der Waals surface area contributed by atoms with E-state index in [1.54, 1.807) is 23.7 Å². The molecule has 0 aliphatic heterocycles. The Hall–Kier alpha value is 0.570. The highest BCUT2D eigenvalue weighted by Crippen LogP contribution is 2.14. The van der Waals surface area contributed by atoms with Gasteiger partial charge in [-0.1, -0.05) is 11.9 Å². The first-order valence-corrected chi connectivity index (χ1v) is 7.45. The summed E-state index contributed by atoms with van der Waals surface area (Å²) in [7, 11) is 0.165. The van der Waals surface area contributed by atoms with Crippen LogP contribution in [0.3, 0.4) is 0 Å². The van der Waals surface area contributed by atoms with Crippen LogP contribution < -0.4 is 0 Å². The summed E-state index contributed by atoms with van der Waals surface area (Å²) < 4.78 is 31.0. The molecule has 0 unspecified atom stereocenters. The summed E-state index contributed by atoms with van der Waals surface area (Å²) in [5.74, 6) is 0.632. The molecular formula is C6H15NO3S3. The Bertz CT molecular complexity index is 215. The highest BCUT2D eigenvalue weighted by molar-refractivity contribution is 8.14. The van der Waals surface area contributed by atoms with Gasteiger partial charge in [-0.25, -0.2) is 0 Å². The Balaban J connectivity index is 3.18. The van der Waals surface area contributed by atoms with Crippen LogP contribution in [0, 0.1) is 0 Å². The fourth-order valence-corrected chi connectivity index (χ4v) is 3.20. The molecule has 0 spiro atoms. The van der Waals surface area contributed by atoms with Gasteiger partial charge in [-0.2, -0.15) is 8.42 Å². The molecule has 13 heavy (non-hydrogen) atoms. The van der Waals surface area contributed by atoms with E-state index in [1.807, 2.05) is 18.4 Å². The summed E-state index contributed by atoms with van der Waals surface area (Å²) in [6.45, 7) is 0. The van der Waals surface area contributed by atoms with Crippen LogP contribution in [0.5, 0.6) is 0 Å². The van der Waals surface area contributed by atoms with Gasteiger partial charge in [0.15, 0.2) is 0 Å². The van der Waals surface area contributed by atoms with Crippen LogP contribution in [0.4, 0.5) is 0 Å². The highest BCUT2D eigenvalue weighted by Gasteiger charge is 2.03. The molecule has 0 aromatic rings. The summed E-state index contributed by atoms with van der Waals surface area (Å²) in [5.41, 5.74) is 0. The lowest BCUT2D eigenvalue weighted by atomic mass is 10.6. The molecule has 1 N–H and O–H groups in total. The second-order valence-corrected chi connectivity index (χ2v) is 6.93. The molecule has 0 atom stereocenters. The van der Waals surface area contributed by atoms with E-state index in [0.717, 1.165) is 10.8 Å². The Morgan fingerprint density at radius 2 is 2.00 bits per heavy atom. The lowest BCUT2D eigenvalue weighted by Gasteiger charge is -2.06. The zero-order chi connectivity index (χ0) is 10.3. The Morgan fingerprint density at radius 3 is 2.46 bits per heavy atom. The van der Waals surface area contributed by atoms with E-state index in [-0.39, 0.29) is 5.75 Å². The summed E-state index contributed by atoms with van der Waals surface area (Å²) >= 11 is 3.34. The molecule has 0 aliphatic carbocycles. The second-order valence-electron chi connectivity index (χ2n) is 2.61. The Kier molecular flexibility index (Phi) is 7.25. The first-order chi connectivity index (χ1) is 5.92. The van der Waals surface area contributed by atoms with Crippen molar-refractivity contribution in [1.29, 1.82) is 0 Å². The van der Waals surface area contributed by atoms with Crippen molar-refractivity contribution in [1.82, 2.24) is 4.31 Å². The first kappa shape index (κ1) is 13.6. The molecule has 0 fully saturated rings. The van der Waals surface area contributed by atoms with Crippen molar-refractivity contribution in [3.63, 3.8) is 0 Å². The minimum absolute atomic E-state index is 0.132. The van der Waals surface area contributed by atoms with Gasteiger partial charge in [0, 0.05) is 0 Å². The SMILES string of the molecule is CN(C)SCSCCCS(=O)(=O)O. The fourth-order valence-electron chi connectivity index (χ4n) is 0.545. The van der Waals surface area contributed by atoms with Crippen LogP contribution >= 0.6 is 23.7 Å². The minimum Gasteiger partial charge on any atom is -0.286 e. The van der Waals surface area contributed by atoms with E-state index in [1.165, 1.54) is 0 Å².